The smallest absolute Gasteiger partial charge is 0.261 e. The van der Waals surface area contributed by atoms with Crippen molar-refractivity contribution < 1.29 is 14.3 Å². The highest BCUT2D eigenvalue weighted by atomic mass is 79.9. The number of rotatable bonds is 10. The summed E-state index contributed by atoms with van der Waals surface area (Å²) in [6.45, 7) is 12.2. The first kappa shape index (κ1) is 25.9. The molecule has 5 nitrogen and oxygen atoms in total. The van der Waals surface area contributed by atoms with Crippen LogP contribution in [0.3, 0.4) is 0 Å². The van der Waals surface area contributed by atoms with Gasteiger partial charge in [0, 0.05) is 12.6 Å². The third kappa shape index (κ3) is 7.37. The van der Waals surface area contributed by atoms with Crippen LogP contribution in [0.5, 0.6) is 5.75 Å². The molecule has 0 fully saturated rings. The lowest BCUT2D eigenvalue weighted by atomic mass is 10.0. The number of hydrogen-bond donors (Lipinski definition) is 1. The molecule has 0 saturated carbocycles. The van der Waals surface area contributed by atoms with Gasteiger partial charge in [0.25, 0.3) is 5.91 Å². The van der Waals surface area contributed by atoms with Gasteiger partial charge >= 0.3 is 0 Å². The predicted molar refractivity (Wildman–Crippen MR) is 133 cm³/mol. The maximum Gasteiger partial charge on any atom is 0.261 e. The van der Waals surface area contributed by atoms with Gasteiger partial charge in [-0.25, -0.2) is 0 Å². The molecule has 0 aliphatic rings. The van der Waals surface area contributed by atoms with E-state index >= 15 is 0 Å². The minimum atomic E-state index is -0.618. The first-order valence-corrected chi connectivity index (χ1v) is 12.0. The number of amides is 2. The highest BCUT2D eigenvalue weighted by Crippen LogP contribution is 2.29. The van der Waals surface area contributed by atoms with Gasteiger partial charge in [-0.1, -0.05) is 56.7 Å². The zero-order valence-corrected chi connectivity index (χ0v) is 21.5. The van der Waals surface area contributed by atoms with E-state index in [1.165, 1.54) is 5.56 Å². The van der Waals surface area contributed by atoms with E-state index in [1.54, 1.807) is 11.8 Å². The largest absolute Gasteiger partial charge is 0.483 e. The molecular formula is C26H35BrN2O3. The summed E-state index contributed by atoms with van der Waals surface area (Å²) in [5.41, 5.74) is 3.27. The van der Waals surface area contributed by atoms with E-state index in [1.807, 2.05) is 63.2 Å². The first-order chi connectivity index (χ1) is 15.1. The molecule has 0 saturated heterocycles. The quantitative estimate of drug-likeness (QED) is 0.460. The number of carbonyl (C=O) groups excluding carboxylic acids is 2. The summed E-state index contributed by atoms with van der Waals surface area (Å²) < 4.78 is 6.65. The summed E-state index contributed by atoms with van der Waals surface area (Å²) in [7, 11) is 0. The number of carbonyl (C=O) groups is 2. The van der Waals surface area contributed by atoms with Gasteiger partial charge in [-0.3, -0.25) is 9.59 Å². The minimum absolute atomic E-state index is 0.0487. The van der Waals surface area contributed by atoms with Gasteiger partial charge in [0.15, 0.2) is 6.61 Å². The Morgan fingerprint density at radius 1 is 1.09 bits per heavy atom. The number of aryl methyl sites for hydroxylation is 1. The Bertz CT molecular complexity index is 929. The summed E-state index contributed by atoms with van der Waals surface area (Å²) in [4.78, 5) is 27.6. The van der Waals surface area contributed by atoms with Gasteiger partial charge in [0.05, 0.1) is 4.47 Å². The Hall–Kier alpha value is -2.34. The SMILES string of the molecule is CC[C@@H](C)NC(=O)[C@H](C)N(Cc1cccc(C)c1)C(=O)COc1ccc(C(C)C)cc1Br. The van der Waals surface area contributed by atoms with E-state index in [-0.39, 0.29) is 24.5 Å². The van der Waals surface area contributed by atoms with Crippen molar-refractivity contribution in [2.45, 2.75) is 72.5 Å². The van der Waals surface area contributed by atoms with Gasteiger partial charge in [-0.15, -0.1) is 0 Å². The first-order valence-electron chi connectivity index (χ1n) is 11.2. The van der Waals surface area contributed by atoms with Crippen molar-refractivity contribution in [3.63, 3.8) is 0 Å². The van der Waals surface area contributed by atoms with E-state index < -0.39 is 6.04 Å². The number of nitrogens with one attached hydrogen (secondary N) is 1. The Kier molecular flexibility index (Phi) is 9.76. The summed E-state index contributed by atoms with van der Waals surface area (Å²) in [5, 5.41) is 2.98. The third-order valence-corrected chi connectivity index (χ3v) is 6.20. The maximum absolute atomic E-state index is 13.2. The second-order valence-corrected chi connectivity index (χ2v) is 9.49. The van der Waals surface area contributed by atoms with Gasteiger partial charge in [-0.2, -0.15) is 0 Å². The maximum atomic E-state index is 13.2. The Labute approximate surface area is 200 Å². The molecule has 0 aliphatic carbocycles. The van der Waals surface area contributed by atoms with E-state index in [0.717, 1.165) is 22.0 Å². The van der Waals surface area contributed by atoms with Crippen molar-refractivity contribution >= 4 is 27.7 Å². The zero-order chi connectivity index (χ0) is 23.8. The fourth-order valence-electron chi connectivity index (χ4n) is 3.27. The van der Waals surface area contributed by atoms with Crippen molar-refractivity contribution in [2.75, 3.05) is 6.61 Å². The molecule has 0 radical (unpaired) electrons. The number of nitrogens with zero attached hydrogens (tertiary/aromatic N) is 1. The van der Waals surface area contributed by atoms with Gasteiger partial charge in [0.1, 0.15) is 11.8 Å². The molecule has 0 bridgehead atoms. The van der Waals surface area contributed by atoms with E-state index in [0.29, 0.717) is 18.2 Å². The molecule has 0 spiro atoms. The molecule has 2 aromatic rings. The number of halogens is 1. The van der Waals surface area contributed by atoms with Crippen LogP contribution in [-0.4, -0.2) is 35.4 Å². The molecule has 0 unspecified atom stereocenters. The molecule has 2 aromatic carbocycles. The second kappa shape index (κ2) is 12.0. The van der Waals surface area contributed by atoms with Gasteiger partial charge in [-0.05, 0) is 72.3 Å². The molecule has 0 heterocycles. The highest BCUT2D eigenvalue weighted by molar-refractivity contribution is 9.10. The third-order valence-electron chi connectivity index (χ3n) is 5.58. The van der Waals surface area contributed by atoms with E-state index in [4.69, 9.17) is 4.74 Å². The van der Waals surface area contributed by atoms with Crippen molar-refractivity contribution in [1.29, 1.82) is 0 Å². The monoisotopic (exact) mass is 502 g/mol. The van der Waals surface area contributed by atoms with Crippen molar-refractivity contribution in [3.05, 3.63) is 63.6 Å². The summed E-state index contributed by atoms with van der Waals surface area (Å²) in [6.07, 6.45) is 0.827. The Morgan fingerprint density at radius 2 is 1.81 bits per heavy atom. The molecule has 1 N–H and O–H groups in total. The van der Waals surface area contributed by atoms with Crippen LogP contribution in [0.2, 0.25) is 0 Å². The van der Waals surface area contributed by atoms with Crippen LogP contribution in [0.1, 0.15) is 63.6 Å². The zero-order valence-electron chi connectivity index (χ0n) is 19.9. The second-order valence-electron chi connectivity index (χ2n) is 8.64. The summed E-state index contributed by atoms with van der Waals surface area (Å²) >= 11 is 3.54. The number of ether oxygens (including phenoxy) is 1. The number of benzene rings is 2. The lowest BCUT2D eigenvalue weighted by Gasteiger charge is -2.29. The topological polar surface area (TPSA) is 58.6 Å². The Balaban J connectivity index is 2.18. The van der Waals surface area contributed by atoms with Crippen molar-refractivity contribution in [1.82, 2.24) is 10.2 Å². The molecule has 2 atom stereocenters. The average molecular weight is 503 g/mol. The Morgan fingerprint density at radius 3 is 2.41 bits per heavy atom. The van der Waals surface area contributed by atoms with Crippen LogP contribution in [-0.2, 0) is 16.1 Å². The fourth-order valence-corrected chi connectivity index (χ4v) is 3.78. The van der Waals surface area contributed by atoms with E-state index in [2.05, 4.69) is 35.1 Å². The van der Waals surface area contributed by atoms with Crippen LogP contribution in [0.25, 0.3) is 0 Å². The van der Waals surface area contributed by atoms with Crippen molar-refractivity contribution in [3.8, 4) is 5.75 Å². The van der Waals surface area contributed by atoms with Crippen LogP contribution in [0.15, 0.2) is 46.9 Å². The molecule has 2 amide bonds. The molecule has 6 heteroatoms. The van der Waals surface area contributed by atoms with Crippen LogP contribution in [0, 0.1) is 6.92 Å². The predicted octanol–water partition coefficient (Wildman–Crippen LogP) is 5.59. The minimum Gasteiger partial charge on any atom is -0.483 e. The van der Waals surface area contributed by atoms with Crippen LogP contribution in [0.4, 0.5) is 0 Å². The molecule has 0 aromatic heterocycles. The molecule has 174 valence electrons. The summed E-state index contributed by atoms with van der Waals surface area (Å²) in [5.74, 6) is 0.604. The number of hydrogen-bond acceptors (Lipinski definition) is 3. The molecule has 0 aliphatic heterocycles. The standard InChI is InChI=1S/C26H35BrN2O3/c1-7-19(5)28-26(31)20(6)29(15-21-10-8-9-18(4)13-21)25(30)16-32-24-12-11-22(17(2)3)14-23(24)27/h8-14,17,19-20H,7,15-16H2,1-6H3,(H,28,31)/t19-,20+/m1/s1. The summed E-state index contributed by atoms with van der Waals surface area (Å²) in [6, 6.07) is 13.3. The molecule has 32 heavy (non-hydrogen) atoms. The van der Waals surface area contributed by atoms with Gasteiger partial charge in [0.2, 0.25) is 5.91 Å². The van der Waals surface area contributed by atoms with Crippen molar-refractivity contribution in [2.24, 2.45) is 0 Å². The highest BCUT2D eigenvalue weighted by Gasteiger charge is 2.27. The average Bonchev–Trinajstić information content (AvgIpc) is 2.75. The van der Waals surface area contributed by atoms with Crippen LogP contribution < -0.4 is 10.1 Å². The van der Waals surface area contributed by atoms with E-state index in [9.17, 15) is 9.59 Å². The van der Waals surface area contributed by atoms with Gasteiger partial charge < -0.3 is 15.0 Å². The lowest BCUT2D eigenvalue weighted by Crippen LogP contribution is -2.50. The lowest BCUT2D eigenvalue weighted by molar-refractivity contribution is -0.142. The molecular weight excluding hydrogens is 468 g/mol. The normalized spacial score (nSPS) is 12.9. The fraction of sp³-hybridized carbons (Fsp3) is 0.462. The van der Waals surface area contributed by atoms with Crippen LogP contribution >= 0.6 is 15.9 Å². The molecule has 2 rings (SSSR count).